The zero-order chi connectivity index (χ0) is 11.5. The number of thiophene rings is 1. The van der Waals surface area contributed by atoms with E-state index >= 15 is 0 Å². The summed E-state index contributed by atoms with van der Waals surface area (Å²) in [6.45, 7) is 2.88. The molecule has 0 saturated heterocycles. The normalized spacial score (nSPS) is 15.2. The lowest BCUT2D eigenvalue weighted by Crippen LogP contribution is -2.21. The van der Waals surface area contributed by atoms with Gasteiger partial charge >= 0.3 is 0 Å². The summed E-state index contributed by atoms with van der Waals surface area (Å²) < 4.78 is 1.31. The summed E-state index contributed by atoms with van der Waals surface area (Å²) in [4.78, 5) is 0. The summed E-state index contributed by atoms with van der Waals surface area (Å²) in [6.07, 6.45) is 0.978. The van der Waals surface area contributed by atoms with Gasteiger partial charge in [-0.25, -0.2) is 0 Å². The Balaban J connectivity index is 2.32. The minimum Gasteiger partial charge on any atom is -0.330 e. The van der Waals surface area contributed by atoms with Crippen LogP contribution in [0.4, 0.5) is 0 Å². The largest absolute Gasteiger partial charge is 0.330 e. The molecule has 16 heavy (non-hydrogen) atoms. The first-order valence-electron chi connectivity index (χ1n) is 5.66. The van der Waals surface area contributed by atoms with Crippen molar-refractivity contribution in [3.63, 3.8) is 0 Å². The number of nitrogens with two attached hydrogens (primary N) is 2. The van der Waals surface area contributed by atoms with E-state index in [0.29, 0.717) is 12.5 Å². The van der Waals surface area contributed by atoms with Crippen LogP contribution >= 0.6 is 11.3 Å². The van der Waals surface area contributed by atoms with Crippen LogP contribution in [0.3, 0.4) is 0 Å². The zero-order valence-corrected chi connectivity index (χ0v) is 10.3. The molecule has 4 N–H and O–H groups in total. The third-order valence-corrected chi connectivity index (χ3v) is 4.09. The maximum atomic E-state index is 6.29. The molecule has 1 aromatic carbocycles. The van der Waals surface area contributed by atoms with Crippen molar-refractivity contribution in [2.24, 2.45) is 17.4 Å². The molecule has 2 rings (SSSR count). The van der Waals surface area contributed by atoms with Crippen molar-refractivity contribution >= 4 is 21.4 Å². The van der Waals surface area contributed by atoms with E-state index in [4.69, 9.17) is 11.5 Å². The highest BCUT2D eigenvalue weighted by molar-refractivity contribution is 7.17. The average Bonchev–Trinajstić information content (AvgIpc) is 2.72. The molecule has 2 nitrogen and oxygen atoms in total. The van der Waals surface area contributed by atoms with Crippen LogP contribution in [0.2, 0.25) is 0 Å². The van der Waals surface area contributed by atoms with Gasteiger partial charge in [-0.15, -0.1) is 11.3 Å². The minimum atomic E-state index is 0.0969. The highest BCUT2D eigenvalue weighted by Crippen LogP contribution is 2.32. The van der Waals surface area contributed by atoms with Gasteiger partial charge in [0.25, 0.3) is 0 Å². The van der Waals surface area contributed by atoms with Crippen LogP contribution < -0.4 is 11.5 Å². The number of benzene rings is 1. The van der Waals surface area contributed by atoms with Crippen molar-refractivity contribution < 1.29 is 0 Å². The van der Waals surface area contributed by atoms with Gasteiger partial charge in [0.1, 0.15) is 0 Å². The molecule has 0 saturated carbocycles. The molecule has 0 aliphatic rings. The maximum Gasteiger partial charge on any atom is 0.0346 e. The van der Waals surface area contributed by atoms with Crippen molar-refractivity contribution in [1.29, 1.82) is 0 Å². The van der Waals surface area contributed by atoms with Gasteiger partial charge in [-0.3, -0.25) is 0 Å². The van der Waals surface area contributed by atoms with Crippen molar-refractivity contribution in [3.8, 4) is 0 Å². The second kappa shape index (κ2) is 4.95. The molecule has 0 amide bonds. The van der Waals surface area contributed by atoms with Gasteiger partial charge in [0, 0.05) is 10.7 Å². The highest BCUT2D eigenvalue weighted by Gasteiger charge is 2.17. The van der Waals surface area contributed by atoms with E-state index in [2.05, 4.69) is 36.6 Å². The second-order valence-electron chi connectivity index (χ2n) is 4.27. The van der Waals surface area contributed by atoms with Crippen LogP contribution in [0.25, 0.3) is 10.1 Å². The van der Waals surface area contributed by atoms with Crippen LogP contribution in [0.5, 0.6) is 0 Å². The van der Waals surface area contributed by atoms with Gasteiger partial charge in [-0.05, 0) is 41.3 Å². The summed E-state index contributed by atoms with van der Waals surface area (Å²) in [5.41, 5.74) is 13.1. The maximum absolute atomic E-state index is 6.29. The lowest BCUT2D eigenvalue weighted by Gasteiger charge is -2.18. The average molecular weight is 234 g/mol. The Morgan fingerprint density at radius 1 is 1.31 bits per heavy atom. The molecule has 2 atom stereocenters. The molecule has 0 bridgehead atoms. The Morgan fingerprint density at radius 2 is 2.06 bits per heavy atom. The molecule has 1 aromatic heterocycles. The molecular weight excluding hydrogens is 216 g/mol. The Morgan fingerprint density at radius 3 is 2.81 bits per heavy atom. The Labute approximate surface area is 100 Å². The first-order valence-corrected chi connectivity index (χ1v) is 6.53. The lowest BCUT2D eigenvalue weighted by molar-refractivity contribution is 0.447. The topological polar surface area (TPSA) is 52.0 Å². The van der Waals surface area contributed by atoms with E-state index in [-0.39, 0.29) is 6.04 Å². The molecule has 0 aliphatic heterocycles. The monoisotopic (exact) mass is 234 g/mol. The van der Waals surface area contributed by atoms with Gasteiger partial charge in [-0.1, -0.05) is 25.1 Å². The van der Waals surface area contributed by atoms with E-state index < -0.39 is 0 Å². The van der Waals surface area contributed by atoms with Crippen LogP contribution in [0.15, 0.2) is 29.6 Å². The standard InChI is InChI=1S/C13H18N2S/c1-9(6-7-14)13(15)11-8-16-12-5-3-2-4-10(11)12/h2-5,8-9,13H,6-7,14-15H2,1H3. The van der Waals surface area contributed by atoms with Gasteiger partial charge in [-0.2, -0.15) is 0 Å². The summed E-state index contributed by atoms with van der Waals surface area (Å²) in [7, 11) is 0. The fourth-order valence-electron chi connectivity index (χ4n) is 2.01. The molecule has 0 radical (unpaired) electrons. The second-order valence-corrected chi connectivity index (χ2v) is 5.18. The fraction of sp³-hybridized carbons (Fsp3) is 0.385. The third kappa shape index (κ3) is 2.12. The fourth-order valence-corrected chi connectivity index (χ4v) is 3.01. The SMILES string of the molecule is CC(CCN)C(N)c1csc2ccccc12. The van der Waals surface area contributed by atoms with Gasteiger partial charge in [0.05, 0.1) is 0 Å². The molecular formula is C13H18N2S. The van der Waals surface area contributed by atoms with Gasteiger partial charge in [0.15, 0.2) is 0 Å². The Bertz CT molecular complexity index is 464. The third-order valence-electron chi connectivity index (χ3n) is 3.11. The first kappa shape index (κ1) is 11.6. The molecule has 3 heteroatoms. The Hall–Kier alpha value is -0.900. The predicted molar refractivity (Wildman–Crippen MR) is 71.6 cm³/mol. The lowest BCUT2D eigenvalue weighted by atomic mass is 9.92. The molecule has 2 aromatic rings. The number of fused-ring (bicyclic) bond motifs is 1. The molecule has 1 heterocycles. The summed E-state index contributed by atoms with van der Waals surface area (Å²) in [5, 5.41) is 3.48. The summed E-state index contributed by atoms with van der Waals surface area (Å²) >= 11 is 1.77. The molecule has 0 spiro atoms. The van der Waals surface area contributed by atoms with Gasteiger partial charge in [0.2, 0.25) is 0 Å². The van der Waals surface area contributed by atoms with Crippen LogP contribution in [-0.4, -0.2) is 6.54 Å². The van der Waals surface area contributed by atoms with Crippen molar-refractivity contribution in [3.05, 3.63) is 35.2 Å². The van der Waals surface area contributed by atoms with Crippen molar-refractivity contribution in [2.45, 2.75) is 19.4 Å². The Kier molecular flexibility index (Phi) is 3.59. The van der Waals surface area contributed by atoms with Crippen LogP contribution in [-0.2, 0) is 0 Å². The number of rotatable bonds is 4. The zero-order valence-electron chi connectivity index (χ0n) is 9.52. The van der Waals surface area contributed by atoms with Crippen LogP contribution in [0, 0.1) is 5.92 Å². The quantitative estimate of drug-likeness (QED) is 0.854. The van der Waals surface area contributed by atoms with Crippen molar-refractivity contribution in [2.75, 3.05) is 6.54 Å². The molecule has 2 unspecified atom stereocenters. The molecule has 0 fully saturated rings. The summed E-state index contributed by atoms with van der Waals surface area (Å²) in [6, 6.07) is 8.52. The van der Waals surface area contributed by atoms with E-state index in [9.17, 15) is 0 Å². The smallest absolute Gasteiger partial charge is 0.0346 e. The van der Waals surface area contributed by atoms with Crippen LogP contribution in [0.1, 0.15) is 24.9 Å². The van der Waals surface area contributed by atoms with E-state index in [1.807, 2.05) is 0 Å². The van der Waals surface area contributed by atoms with Gasteiger partial charge < -0.3 is 11.5 Å². The minimum absolute atomic E-state index is 0.0969. The van der Waals surface area contributed by atoms with Crippen molar-refractivity contribution in [1.82, 2.24) is 0 Å². The summed E-state index contributed by atoms with van der Waals surface area (Å²) in [5.74, 6) is 0.433. The molecule has 0 aliphatic carbocycles. The molecule has 86 valence electrons. The highest BCUT2D eigenvalue weighted by atomic mass is 32.1. The van der Waals surface area contributed by atoms with E-state index in [1.165, 1.54) is 15.6 Å². The van der Waals surface area contributed by atoms with E-state index in [0.717, 1.165) is 6.42 Å². The predicted octanol–water partition coefficient (Wildman–Crippen LogP) is 2.89. The number of hydrogen-bond donors (Lipinski definition) is 2. The van der Waals surface area contributed by atoms with E-state index in [1.54, 1.807) is 11.3 Å². The number of hydrogen-bond acceptors (Lipinski definition) is 3. The first-order chi connectivity index (χ1) is 7.74.